The first kappa shape index (κ1) is 15.9. The summed E-state index contributed by atoms with van der Waals surface area (Å²) in [5, 5.41) is 9.23. The van der Waals surface area contributed by atoms with E-state index >= 15 is 0 Å². The number of phenols is 1. The first-order valence-electron chi connectivity index (χ1n) is 6.32. The third-order valence-electron chi connectivity index (χ3n) is 2.74. The van der Waals surface area contributed by atoms with Crippen LogP contribution in [-0.4, -0.2) is 56.5 Å². The molecule has 0 aromatic heterocycles. The van der Waals surface area contributed by atoms with Crippen molar-refractivity contribution in [1.82, 2.24) is 9.21 Å². The maximum Gasteiger partial charge on any atom is 0.243 e. The quantitative estimate of drug-likeness (QED) is 0.822. The van der Waals surface area contributed by atoms with Crippen molar-refractivity contribution in [2.24, 2.45) is 0 Å². The van der Waals surface area contributed by atoms with Crippen molar-refractivity contribution in [3.63, 3.8) is 0 Å². The molecular formula is C13H22N2O3S. The molecule has 108 valence electrons. The summed E-state index contributed by atoms with van der Waals surface area (Å²) in [7, 11) is 0.348. The topological polar surface area (TPSA) is 60.9 Å². The fraction of sp³-hybridized carbons (Fsp3) is 0.538. The predicted octanol–water partition coefficient (Wildman–Crippen LogP) is 1.35. The molecule has 0 fully saturated rings. The van der Waals surface area contributed by atoms with Crippen LogP contribution in [0.1, 0.15) is 13.3 Å². The van der Waals surface area contributed by atoms with Gasteiger partial charge in [0.05, 0.1) is 4.90 Å². The van der Waals surface area contributed by atoms with Crippen molar-refractivity contribution < 1.29 is 13.5 Å². The van der Waals surface area contributed by atoms with Crippen molar-refractivity contribution in [2.45, 2.75) is 18.2 Å². The van der Waals surface area contributed by atoms with Crippen LogP contribution in [0.25, 0.3) is 0 Å². The fourth-order valence-corrected chi connectivity index (χ4v) is 3.20. The second-order valence-electron chi connectivity index (χ2n) is 4.70. The molecule has 0 unspecified atom stereocenters. The van der Waals surface area contributed by atoms with Gasteiger partial charge in [0.15, 0.2) is 0 Å². The molecule has 0 aliphatic rings. The minimum absolute atomic E-state index is 0.0642. The third-order valence-corrected chi connectivity index (χ3v) is 4.66. The van der Waals surface area contributed by atoms with Gasteiger partial charge in [-0.25, -0.2) is 8.42 Å². The Bertz CT molecular complexity index is 483. The molecule has 1 aromatic rings. The number of hydrogen-bond donors (Lipinski definition) is 1. The van der Waals surface area contributed by atoms with E-state index in [0.717, 1.165) is 6.42 Å². The molecule has 0 bridgehead atoms. The lowest BCUT2D eigenvalue weighted by Gasteiger charge is -2.23. The van der Waals surface area contributed by atoms with Gasteiger partial charge < -0.3 is 10.0 Å². The van der Waals surface area contributed by atoms with Gasteiger partial charge in [0.1, 0.15) is 5.75 Å². The highest BCUT2D eigenvalue weighted by atomic mass is 32.2. The number of phenolic OH excluding ortho intramolecular Hbond substituents is 1. The average Bonchev–Trinajstić information content (AvgIpc) is 2.34. The number of aromatic hydroxyl groups is 1. The van der Waals surface area contributed by atoms with Crippen LogP contribution in [0.15, 0.2) is 29.2 Å². The largest absolute Gasteiger partial charge is 0.508 e. The van der Waals surface area contributed by atoms with Crippen molar-refractivity contribution in [2.75, 3.05) is 33.7 Å². The van der Waals surface area contributed by atoms with Gasteiger partial charge in [-0.2, -0.15) is 4.31 Å². The number of benzene rings is 1. The minimum atomic E-state index is -3.48. The Morgan fingerprint density at radius 3 is 2.11 bits per heavy atom. The van der Waals surface area contributed by atoms with E-state index in [1.807, 2.05) is 25.9 Å². The van der Waals surface area contributed by atoms with Crippen molar-refractivity contribution >= 4 is 10.0 Å². The molecule has 0 saturated carbocycles. The molecule has 6 heteroatoms. The Kier molecular flexibility index (Phi) is 5.78. The molecule has 0 aliphatic carbocycles. The van der Waals surface area contributed by atoms with Crippen molar-refractivity contribution in [1.29, 1.82) is 0 Å². The molecule has 1 rings (SSSR count). The highest BCUT2D eigenvalue weighted by molar-refractivity contribution is 7.89. The Morgan fingerprint density at radius 2 is 1.63 bits per heavy atom. The second kappa shape index (κ2) is 6.88. The van der Waals surface area contributed by atoms with Gasteiger partial charge in [-0.3, -0.25) is 0 Å². The molecular weight excluding hydrogens is 264 g/mol. The predicted molar refractivity (Wildman–Crippen MR) is 75.7 cm³/mol. The highest BCUT2D eigenvalue weighted by Crippen LogP contribution is 2.18. The van der Waals surface area contributed by atoms with Crippen LogP contribution < -0.4 is 0 Å². The zero-order valence-electron chi connectivity index (χ0n) is 11.7. The van der Waals surface area contributed by atoms with Crippen LogP contribution in [0.3, 0.4) is 0 Å². The summed E-state index contributed by atoms with van der Waals surface area (Å²) in [6, 6.07) is 5.65. The van der Waals surface area contributed by atoms with Gasteiger partial charge in [0.25, 0.3) is 0 Å². The highest BCUT2D eigenvalue weighted by Gasteiger charge is 2.23. The molecule has 0 saturated heterocycles. The zero-order chi connectivity index (χ0) is 14.5. The van der Waals surface area contributed by atoms with Crippen LogP contribution in [0.4, 0.5) is 0 Å². The van der Waals surface area contributed by atoms with Crippen LogP contribution >= 0.6 is 0 Å². The Labute approximate surface area is 115 Å². The van der Waals surface area contributed by atoms with Gasteiger partial charge in [-0.1, -0.05) is 6.92 Å². The van der Waals surface area contributed by atoms with E-state index in [2.05, 4.69) is 0 Å². The van der Waals surface area contributed by atoms with Crippen molar-refractivity contribution in [3.05, 3.63) is 24.3 Å². The first-order valence-corrected chi connectivity index (χ1v) is 7.76. The molecule has 1 aromatic carbocycles. The van der Waals surface area contributed by atoms with Crippen LogP contribution in [-0.2, 0) is 10.0 Å². The van der Waals surface area contributed by atoms with E-state index in [-0.39, 0.29) is 10.6 Å². The van der Waals surface area contributed by atoms with Gasteiger partial charge in [-0.15, -0.1) is 0 Å². The van der Waals surface area contributed by atoms with Gasteiger partial charge in [0.2, 0.25) is 10.0 Å². The SMILES string of the molecule is CCCN(CCN(C)C)S(=O)(=O)c1ccc(O)cc1. The maximum absolute atomic E-state index is 12.5. The normalized spacial score (nSPS) is 12.3. The minimum Gasteiger partial charge on any atom is -0.508 e. The molecule has 0 atom stereocenters. The maximum atomic E-state index is 12.5. The Morgan fingerprint density at radius 1 is 1.05 bits per heavy atom. The van der Waals surface area contributed by atoms with E-state index in [1.165, 1.54) is 28.6 Å². The summed E-state index contributed by atoms with van der Waals surface area (Å²) in [6.07, 6.45) is 0.769. The van der Waals surface area contributed by atoms with Crippen LogP contribution in [0, 0.1) is 0 Å². The fourth-order valence-electron chi connectivity index (χ4n) is 1.68. The van der Waals surface area contributed by atoms with Gasteiger partial charge >= 0.3 is 0 Å². The Hall–Kier alpha value is -1.11. The molecule has 0 heterocycles. The summed E-state index contributed by atoms with van der Waals surface area (Å²) >= 11 is 0. The van der Waals surface area contributed by atoms with Gasteiger partial charge in [-0.05, 0) is 44.8 Å². The number of nitrogens with zero attached hydrogens (tertiary/aromatic N) is 2. The summed E-state index contributed by atoms with van der Waals surface area (Å²) in [4.78, 5) is 2.17. The van der Waals surface area contributed by atoms with E-state index in [1.54, 1.807) is 0 Å². The number of likely N-dealkylation sites (N-methyl/N-ethyl adjacent to an activating group) is 1. The lowest BCUT2D eigenvalue weighted by Crippen LogP contribution is -2.37. The summed E-state index contributed by atoms with van der Waals surface area (Å²) in [5.74, 6) is 0.0642. The standard InChI is InChI=1S/C13H22N2O3S/c1-4-9-15(11-10-14(2)3)19(17,18)13-7-5-12(16)6-8-13/h5-8,16H,4,9-11H2,1-3H3. The first-order chi connectivity index (χ1) is 8.87. The average molecular weight is 286 g/mol. The monoisotopic (exact) mass is 286 g/mol. The molecule has 0 spiro atoms. The van der Waals surface area contributed by atoms with Gasteiger partial charge in [0, 0.05) is 19.6 Å². The molecule has 0 radical (unpaired) electrons. The smallest absolute Gasteiger partial charge is 0.243 e. The van der Waals surface area contributed by atoms with E-state index in [4.69, 9.17) is 0 Å². The number of hydrogen-bond acceptors (Lipinski definition) is 4. The third kappa shape index (κ3) is 4.49. The van der Waals surface area contributed by atoms with E-state index in [0.29, 0.717) is 19.6 Å². The molecule has 0 amide bonds. The van der Waals surface area contributed by atoms with Crippen molar-refractivity contribution in [3.8, 4) is 5.75 Å². The molecule has 1 N–H and O–H groups in total. The zero-order valence-corrected chi connectivity index (χ0v) is 12.5. The van der Waals surface area contributed by atoms with Crippen LogP contribution in [0.5, 0.6) is 5.75 Å². The summed E-state index contributed by atoms with van der Waals surface area (Å²) < 4.78 is 26.4. The summed E-state index contributed by atoms with van der Waals surface area (Å²) in [5.41, 5.74) is 0. The van der Waals surface area contributed by atoms with E-state index < -0.39 is 10.0 Å². The lowest BCUT2D eigenvalue weighted by molar-refractivity contribution is 0.333. The number of rotatable bonds is 7. The molecule has 5 nitrogen and oxygen atoms in total. The molecule has 19 heavy (non-hydrogen) atoms. The Balaban J connectivity index is 2.95. The molecule has 0 aliphatic heterocycles. The number of sulfonamides is 1. The second-order valence-corrected chi connectivity index (χ2v) is 6.64. The lowest BCUT2D eigenvalue weighted by atomic mass is 10.3. The summed E-state index contributed by atoms with van der Waals surface area (Å²) in [6.45, 7) is 3.59. The van der Waals surface area contributed by atoms with E-state index in [9.17, 15) is 13.5 Å². The van der Waals surface area contributed by atoms with Crippen LogP contribution in [0.2, 0.25) is 0 Å².